The van der Waals surface area contributed by atoms with Gasteiger partial charge < -0.3 is 15.2 Å². The highest BCUT2D eigenvalue weighted by atomic mass is 16.5. The van der Waals surface area contributed by atoms with Crippen molar-refractivity contribution in [2.75, 3.05) is 7.11 Å². The van der Waals surface area contributed by atoms with Crippen LogP contribution >= 0.6 is 0 Å². The largest absolute Gasteiger partial charge is 0.497 e. The number of carboxylic acid groups (broad SMARTS) is 1. The van der Waals surface area contributed by atoms with Gasteiger partial charge in [-0.05, 0) is 29.7 Å². The number of carbonyl (C=O) groups is 2. The lowest BCUT2D eigenvalue weighted by atomic mass is 9.99. The van der Waals surface area contributed by atoms with Crippen molar-refractivity contribution in [1.29, 1.82) is 0 Å². The quantitative estimate of drug-likeness (QED) is 0.820. The van der Waals surface area contributed by atoms with Crippen molar-refractivity contribution in [2.45, 2.75) is 19.4 Å². The lowest BCUT2D eigenvalue weighted by Crippen LogP contribution is -2.37. The van der Waals surface area contributed by atoms with E-state index in [0.29, 0.717) is 12.0 Å². The Morgan fingerprint density at radius 1 is 1.08 bits per heavy atom. The zero-order valence-electron chi connectivity index (χ0n) is 13.7. The van der Waals surface area contributed by atoms with Crippen LogP contribution < -0.4 is 10.1 Å². The van der Waals surface area contributed by atoms with Gasteiger partial charge >= 0.3 is 5.97 Å². The molecule has 1 amide bonds. The van der Waals surface area contributed by atoms with Gasteiger partial charge in [-0.1, -0.05) is 49.4 Å². The minimum Gasteiger partial charge on any atom is -0.497 e. The average molecular weight is 327 g/mol. The predicted molar refractivity (Wildman–Crippen MR) is 90.8 cm³/mol. The second-order valence-corrected chi connectivity index (χ2v) is 5.64. The Balaban J connectivity index is 2.02. The van der Waals surface area contributed by atoms with Gasteiger partial charge in [-0.15, -0.1) is 0 Å². The number of carboxylic acids is 1. The third-order valence-corrected chi connectivity index (χ3v) is 3.81. The molecule has 5 nitrogen and oxygen atoms in total. The van der Waals surface area contributed by atoms with Crippen LogP contribution in [0.4, 0.5) is 0 Å². The van der Waals surface area contributed by atoms with Crippen molar-refractivity contribution in [1.82, 2.24) is 5.32 Å². The maximum atomic E-state index is 12.4. The van der Waals surface area contributed by atoms with Crippen molar-refractivity contribution < 1.29 is 19.4 Å². The maximum Gasteiger partial charge on any atom is 0.330 e. The van der Waals surface area contributed by atoms with Gasteiger partial charge in [0, 0.05) is 5.92 Å². The molecule has 0 fully saturated rings. The molecule has 24 heavy (non-hydrogen) atoms. The molecule has 1 unspecified atom stereocenters. The number of carbonyl (C=O) groups excluding carboxylic acids is 1. The molecule has 0 aromatic heterocycles. The van der Waals surface area contributed by atoms with Crippen LogP contribution in [0, 0.1) is 5.92 Å². The number of ether oxygens (including phenoxy) is 1. The van der Waals surface area contributed by atoms with Gasteiger partial charge in [-0.3, -0.25) is 4.79 Å². The van der Waals surface area contributed by atoms with E-state index < -0.39 is 12.0 Å². The van der Waals surface area contributed by atoms with Crippen LogP contribution in [0.1, 0.15) is 24.1 Å². The fourth-order valence-corrected chi connectivity index (χ4v) is 2.43. The third kappa shape index (κ3) is 4.59. The number of hydrogen-bond acceptors (Lipinski definition) is 3. The smallest absolute Gasteiger partial charge is 0.330 e. The SMILES string of the molecule is COc1ccc(CC(C)C(=O)N[C@@H](C(=O)O)c2ccccc2)cc1. The molecule has 0 heterocycles. The van der Waals surface area contributed by atoms with E-state index >= 15 is 0 Å². The van der Waals surface area contributed by atoms with Gasteiger partial charge in [-0.25, -0.2) is 4.79 Å². The standard InChI is InChI=1S/C19H21NO4/c1-13(12-14-8-10-16(24-2)11-9-14)18(21)20-17(19(22)23)15-6-4-3-5-7-15/h3-11,13,17H,12H2,1-2H3,(H,20,21)(H,22,23)/t13?,17-/m1/s1. The van der Waals surface area contributed by atoms with Crippen LogP contribution in [-0.4, -0.2) is 24.1 Å². The normalized spacial score (nSPS) is 12.9. The second-order valence-electron chi connectivity index (χ2n) is 5.64. The first kappa shape index (κ1) is 17.5. The molecule has 0 aliphatic heterocycles. The van der Waals surface area contributed by atoms with Crippen molar-refractivity contribution in [2.24, 2.45) is 5.92 Å². The van der Waals surface area contributed by atoms with Crippen molar-refractivity contribution in [3.05, 3.63) is 65.7 Å². The van der Waals surface area contributed by atoms with Crippen molar-refractivity contribution in [3.8, 4) is 5.75 Å². The summed E-state index contributed by atoms with van der Waals surface area (Å²) in [5, 5.41) is 12.0. The molecule has 0 aliphatic carbocycles. The molecule has 0 spiro atoms. The summed E-state index contributed by atoms with van der Waals surface area (Å²) in [5.41, 5.74) is 1.54. The maximum absolute atomic E-state index is 12.4. The van der Waals surface area contributed by atoms with Crippen LogP contribution in [0.3, 0.4) is 0 Å². The summed E-state index contributed by atoms with van der Waals surface area (Å²) < 4.78 is 5.11. The molecule has 2 N–H and O–H groups in total. The van der Waals surface area contributed by atoms with Crippen molar-refractivity contribution in [3.63, 3.8) is 0 Å². The summed E-state index contributed by atoms with van der Waals surface area (Å²) in [6.07, 6.45) is 0.525. The van der Waals surface area contributed by atoms with Crippen molar-refractivity contribution >= 4 is 11.9 Å². The fraction of sp³-hybridized carbons (Fsp3) is 0.263. The minimum absolute atomic E-state index is 0.290. The van der Waals surface area contributed by atoms with E-state index in [4.69, 9.17) is 4.74 Å². The monoisotopic (exact) mass is 327 g/mol. The zero-order valence-corrected chi connectivity index (χ0v) is 13.7. The summed E-state index contributed by atoms with van der Waals surface area (Å²) >= 11 is 0. The Hall–Kier alpha value is -2.82. The molecular weight excluding hydrogens is 306 g/mol. The highest BCUT2D eigenvalue weighted by Gasteiger charge is 2.24. The van der Waals surface area contributed by atoms with Gasteiger partial charge in [-0.2, -0.15) is 0 Å². The lowest BCUT2D eigenvalue weighted by Gasteiger charge is -2.18. The number of methoxy groups -OCH3 is 1. The van der Waals surface area contributed by atoms with Gasteiger partial charge in [0.05, 0.1) is 7.11 Å². The molecular formula is C19H21NO4. The van der Waals surface area contributed by atoms with Gasteiger partial charge in [0.1, 0.15) is 5.75 Å². The first-order valence-electron chi connectivity index (χ1n) is 7.72. The van der Waals surface area contributed by atoms with Crippen LogP contribution in [0.5, 0.6) is 5.75 Å². The minimum atomic E-state index is -1.08. The van der Waals surface area contributed by atoms with E-state index in [1.165, 1.54) is 0 Å². The Morgan fingerprint density at radius 2 is 1.71 bits per heavy atom. The second kappa shape index (κ2) is 8.15. The molecule has 0 aliphatic rings. The number of nitrogens with one attached hydrogen (secondary N) is 1. The highest BCUT2D eigenvalue weighted by Crippen LogP contribution is 2.17. The van der Waals surface area contributed by atoms with Gasteiger partial charge in [0.15, 0.2) is 6.04 Å². The van der Waals surface area contributed by atoms with Gasteiger partial charge in [0.25, 0.3) is 0 Å². The highest BCUT2D eigenvalue weighted by molar-refractivity contribution is 5.85. The summed E-state index contributed by atoms with van der Waals surface area (Å²) in [7, 11) is 1.60. The van der Waals surface area contributed by atoms with E-state index in [-0.39, 0.29) is 11.8 Å². The fourth-order valence-electron chi connectivity index (χ4n) is 2.43. The number of hydrogen-bond donors (Lipinski definition) is 2. The van der Waals surface area contributed by atoms with Crippen LogP contribution in [0.2, 0.25) is 0 Å². The first-order valence-corrected chi connectivity index (χ1v) is 7.72. The van der Waals surface area contributed by atoms with Gasteiger partial charge in [0.2, 0.25) is 5.91 Å². The molecule has 0 bridgehead atoms. The van der Waals surface area contributed by atoms with E-state index in [9.17, 15) is 14.7 Å². The first-order chi connectivity index (χ1) is 11.5. The molecule has 2 rings (SSSR count). The average Bonchev–Trinajstić information content (AvgIpc) is 2.60. The number of amides is 1. The molecule has 126 valence electrons. The lowest BCUT2D eigenvalue weighted by molar-refractivity contribution is -0.142. The summed E-state index contributed by atoms with van der Waals surface area (Å²) in [4.78, 5) is 23.8. The predicted octanol–water partition coefficient (Wildman–Crippen LogP) is 2.82. The summed E-state index contributed by atoms with van der Waals surface area (Å²) in [6.45, 7) is 1.78. The van der Waals surface area contributed by atoms with Crippen LogP contribution in [0.15, 0.2) is 54.6 Å². The third-order valence-electron chi connectivity index (χ3n) is 3.81. The van der Waals surface area contributed by atoms with E-state index in [1.807, 2.05) is 24.3 Å². The molecule has 2 atom stereocenters. The molecule has 0 radical (unpaired) electrons. The molecule has 0 saturated heterocycles. The number of rotatable bonds is 7. The van der Waals surface area contributed by atoms with Crippen LogP contribution in [0.25, 0.3) is 0 Å². The zero-order chi connectivity index (χ0) is 17.5. The molecule has 0 saturated carbocycles. The summed E-state index contributed by atoms with van der Waals surface area (Å²) in [5.74, 6) is -0.955. The Labute approximate surface area is 141 Å². The number of aliphatic carboxylic acids is 1. The van der Waals surface area contributed by atoms with E-state index in [2.05, 4.69) is 5.32 Å². The summed E-state index contributed by atoms with van der Waals surface area (Å²) in [6, 6.07) is 15.1. The molecule has 2 aromatic rings. The topological polar surface area (TPSA) is 75.6 Å². The Morgan fingerprint density at radius 3 is 2.25 bits per heavy atom. The van der Waals surface area contributed by atoms with E-state index in [1.54, 1.807) is 44.4 Å². The molecule has 5 heteroatoms. The van der Waals surface area contributed by atoms with Crippen LogP contribution in [-0.2, 0) is 16.0 Å². The Bertz CT molecular complexity index is 682. The molecule has 2 aromatic carbocycles. The Kier molecular flexibility index (Phi) is 5.95. The number of benzene rings is 2. The van der Waals surface area contributed by atoms with E-state index in [0.717, 1.165) is 11.3 Å².